The minimum absolute atomic E-state index is 0. The third kappa shape index (κ3) is 3.94. The first-order valence-electron chi connectivity index (χ1n) is 8.37. The number of pyridine rings is 1. The Labute approximate surface area is 156 Å². The van der Waals surface area contributed by atoms with Gasteiger partial charge in [0.05, 0.1) is 18.8 Å². The van der Waals surface area contributed by atoms with Crippen LogP contribution >= 0.6 is 0 Å². The van der Waals surface area contributed by atoms with Crippen LogP contribution in [0, 0.1) is 6.92 Å². The standard InChI is InChI=1S/C21H23N3.ClH/c1-4-23(18-11-7-5-8-12-18)20-15-17(2)24(21(16-20)22-3)19-13-9-6-10-14-19;/h5-16H,4H2,1-3H3;1H. The molecule has 0 fully saturated rings. The first-order valence-corrected chi connectivity index (χ1v) is 8.37. The lowest BCUT2D eigenvalue weighted by Crippen LogP contribution is -3.00. The molecule has 25 heavy (non-hydrogen) atoms. The van der Waals surface area contributed by atoms with Crippen LogP contribution in [0.3, 0.4) is 0 Å². The minimum Gasteiger partial charge on any atom is -1.00 e. The normalized spacial score (nSPS) is 10.0. The van der Waals surface area contributed by atoms with Crippen molar-refractivity contribution in [2.45, 2.75) is 13.8 Å². The molecule has 0 aliphatic heterocycles. The molecule has 0 aliphatic carbocycles. The summed E-state index contributed by atoms with van der Waals surface area (Å²) >= 11 is 0. The SMILES string of the molecule is CCN(c1ccccc1)c1cc(C)[n+](-c2ccccc2)c(NC)c1.[Cl-]. The highest BCUT2D eigenvalue weighted by atomic mass is 35.5. The molecule has 1 heterocycles. The van der Waals surface area contributed by atoms with Crippen molar-refractivity contribution in [3.05, 3.63) is 78.5 Å². The van der Waals surface area contributed by atoms with Gasteiger partial charge in [-0.15, -0.1) is 0 Å². The molecule has 0 saturated carbocycles. The van der Waals surface area contributed by atoms with Gasteiger partial charge >= 0.3 is 0 Å². The van der Waals surface area contributed by atoms with E-state index < -0.39 is 0 Å². The molecule has 0 spiro atoms. The Morgan fingerprint density at radius 1 is 0.880 bits per heavy atom. The summed E-state index contributed by atoms with van der Waals surface area (Å²) in [5.41, 5.74) is 4.75. The second-order valence-corrected chi connectivity index (χ2v) is 5.74. The minimum atomic E-state index is 0. The molecule has 1 aromatic heterocycles. The third-order valence-electron chi connectivity index (χ3n) is 4.20. The highest BCUT2D eigenvalue weighted by Crippen LogP contribution is 2.27. The van der Waals surface area contributed by atoms with Gasteiger partial charge in [0.25, 0.3) is 5.82 Å². The van der Waals surface area contributed by atoms with Crippen molar-refractivity contribution in [2.24, 2.45) is 0 Å². The number of benzene rings is 2. The van der Waals surface area contributed by atoms with E-state index in [1.807, 2.05) is 13.1 Å². The zero-order valence-corrected chi connectivity index (χ0v) is 15.7. The van der Waals surface area contributed by atoms with Crippen LogP contribution in [0.25, 0.3) is 5.69 Å². The van der Waals surface area contributed by atoms with Crippen molar-refractivity contribution < 1.29 is 17.0 Å². The maximum absolute atomic E-state index is 3.34. The largest absolute Gasteiger partial charge is 1.00 e. The Bertz CT molecular complexity index is 804. The number of hydrogen-bond acceptors (Lipinski definition) is 2. The van der Waals surface area contributed by atoms with Gasteiger partial charge in [-0.2, -0.15) is 4.57 Å². The number of anilines is 3. The predicted molar refractivity (Wildman–Crippen MR) is 101 cm³/mol. The second-order valence-electron chi connectivity index (χ2n) is 5.74. The van der Waals surface area contributed by atoms with Gasteiger partial charge in [-0.05, 0) is 38.1 Å². The third-order valence-corrected chi connectivity index (χ3v) is 4.20. The van der Waals surface area contributed by atoms with E-state index in [4.69, 9.17) is 0 Å². The Morgan fingerprint density at radius 2 is 1.48 bits per heavy atom. The van der Waals surface area contributed by atoms with Crippen molar-refractivity contribution in [1.82, 2.24) is 0 Å². The monoisotopic (exact) mass is 353 g/mol. The average molecular weight is 354 g/mol. The molecule has 3 aromatic rings. The Kier molecular flexibility index (Phi) is 6.43. The van der Waals surface area contributed by atoms with E-state index in [9.17, 15) is 0 Å². The molecule has 0 unspecified atom stereocenters. The van der Waals surface area contributed by atoms with Gasteiger partial charge in [0.15, 0.2) is 0 Å². The fourth-order valence-electron chi connectivity index (χ4n) is 3.10. The molecule has 4 heteroatoms. The molecule has 3 nitrogen and oxygen atoms in total. The Morgan fingerprint density at radius 3 is 2.04 bits per heavy atom. The van der Waals surface area contributed by atoms with E-state index in [1.54, 1.807) is 0 Å². The van der Waals surface area contributed by atoms with E-state index in [2.05, 4.69) is 95.4 Å². The van der Waals surface area contributed by atoms with Crippen LogP contribution in [0.5, 0.6) is 0 Å². The first-order chi connectivity index (χ1) is 11.7. The molecule has 3 rings (SSSR count). The molecule has 0 aliphatic rings. The highest BCUT2D eigenvalue weighted by molar-refractivity contribution is 5.65. The van der Waals surface area contributed by atoms with Crippen molar-refractivity contribution >= 4 is 17.2 Å². The smallest absolute Gasteiger partial charge is 0.281 e. The van der Waals surface area contributed by atoms with Crippen LogP contribution in [-0.4, -0.2) is 13.6 Å². The zero-order valence-electron chi connectivity index (χ0n) is 14.9. The van der Waals surface area contributed by atoms with E-state index in [1.165, 1.54) is 17.1 Å². The quantitative estimate of drug-likeness (QED) is 0.701. The predicted octanol–water partition coefficient (Wildman–Crippen LogP) is 1.48. The van der Waals surface area contributed by atoms with Gasteiger partial charge in [-0.1, -0.05) is 36.4 Å². The van der Waals surface area contributed by atoms with Gasteiger partial charge in [0.1, 0.15) is 11.4 Å². The highest BCUT2D eigenvalue weighted by Gasteiger charge is 2.17. The lowest BCUT2D eigenvalue weighted by Gasteiger charge is -2.24. The summed E-state index contributed by atoms with van der Waals surface area (Å²) in [7, 11) is 1.97. The fourth-order valence-corrected chi connectivity index (χ4v) is 3.10. The fraction of sp³-hybridized carbons (Fsp3) is 0.190. The second kappa shape index (κ2) is 8.54. The molecular weight excluding hydrogens is 330 g/mol. The Balaban J connectivity index is 0.00000225. The maximum atomic E-state index is 3.34. The average Bonchev–Trinajstić information content (AvgIpc) is 2.63. The van der Waals surface area contributed by atoms with Crippen LogP contribution in [0.15, 0.2) is 72.8 Å². The molecule has 2 aromatic carbocycles. The number of nitrogens with zero attached hydrogens (tertiary/aromatic N) is 2. The number of aryl methyl sites for hydroxylation is 1. The van der Waals surface area contributed by atoms with E-state index in [0.717, 1.165) is 18.1 Å². The maximum Gasteiger partial charge on any atom is 0.281 e. The van der Waals surface area contributed by atoms with Crippen LogP contribution in [-0.2, 0) is 0 Å². The van der Waals surface area contributed by atoms with Gasteiger partial charge in [0.2, 0.25) is 0 Å². The van der Waals surface area contributed by atoms with Gasteiger partial charge < -0.3 is 17.3 Å². The number of aromatic nitrogens is 1. The van der Waals surface area contributed by atoms with Gasteiger partial charge in [0, 0.05) is 18.3 Å². The summed E-state index contributed by atoms with van der Waals surface area (Å²) in [6.45, 7) is 5.25. The molecule has 0 amide bonds. The van der Waals surface area contributed by atoms with E-state index in [-0.39, 0.29) is 12.4 Å². The first kappa shape index (κ1) is 18.8. The van der Waals surface area contributed by atoms with Crippen LogP contribution in [0.2, 0.25) is 0 Å². The van der Waals surface area contributed by atoms with E-state index >= 15 is 0 Å². The Hall–Kier alpha value is -2.52. The summed E-state index contributed by atoms with van der Waals surface area (Å²) in [5, 5.41) is 3.34. The number of hydrogen-bond donors (Lipinski definition) is 1. The summed E-state index contributed by atoms with van der Waals surface area (Å²) in [4.78, 5) is 2.32. The van der Waals surface area contributed by atoms with Crippen molar-refractivity contribution in [3.63, 3.8) is 0 Å². The van der Waals surface area contributed by atoms with Gasteiger partial charge in [-0.25, -0.2) is 0 Å². The number of rotatable bonds is 5. The number of halogens is 1. The molecule has 1 N–H and O–H groups in total. The van der Waals surface area contributed by atoms with Crippen LogP contribution < -0.4 is 27.2 Å². The summed E-state index contributed by atoms with van der Waals surface area (Å²) < 4.78 is 2.24. The molecule has 130 valence electrons. The number of nitrogens with one attached hydrogen (secondary N) is 1. The number of para-hydroxylation sites is 2. The van der Waals surface area contributed by atoms with Crippen molar-refractivity contribution in [3.8, 4) is 5.69 Å². The molecular formula is C21H24ClN3. The van der Waals surface area contributed by atoms with Crippen molar-refractivity contribution in [2.75, 3.05) is 23.8 Å². The van der Waals surface area contributed by atoms with Crippen LogP contribution in [0.1, 0.15) is 12.6 Å². The summed E-state index contributed by atoms with van der Waals surface area (Å²) in [6.07, 6.45) is 0. The van der Waals surface area contributed by atoms with Gasteiger partial charge in [-0.3, -0.25) is 5.32 Å². The lowest BCUT2D eigenvalue weighted by atomic mass is 10.2. The zero-order chi connectivity index (χ0) is 16.9. The van der Waals surface area contributed by atoms with E-state index in [0.29, 0.717) is 0 Å². The molecule has 0 saturated heterocycles. The lowest BCUT2D eigenvalue weighted by molar-refractivity contribution is -0.587. The van der Waals surface area contributed by atoms with Crippen molar-refractivity contribution in [1.29, 1.82) is 0 Å². The summed E-state index contributed by atoms with van der Waals surface area (Å²) in [6, 6.07) is 25.4. The van der Waals surface area contributed by atoms with Crippen LogP contribution in [0.4, 0.5) is 17.2 Å². The molecule has 0 bridgehead atoms. The topological polar surface area (TPSA) is 19.1 Å². The molecule has 0 atom stereocenters. The molecule has 0 radical (unpaired) electrons. The summed E-state index contributed by atoms with van der Waals surface area (Å²) in [5.74, 6) is 1.07.